The van der Waals surface area contributed by atoms with E-state index in [0.29, 0.717) is 30.5 Å². The van der Waals surface area contributed by atoms with Crippen molar-refractivity contribution in [2.75, 3.05) is 6.79 Å². The number of ether oxygens (including phenoxy) is 2. The number of aryl methyl sites for hydroxylation is 1. The maximum atomic E-state index is 5.27. The topological polar surface area (TPSA) is 18.5 Å². The minimum Gasteiger partial charge on any atom is -0.454 e. The lowest BCUT2D eigenvalue weighted by atomic mass is 9.96. The molecule has 0 unspecified atom stereocenters. The Labute approximate surface area is 312 Å². The first-order chi connectivity index (χ1) is 25.0. The molecule has 52 heavy (non-hydrogen) atoms. The monoisotopic (exact) mass is 688 g/mol. The van der Waals surface area contributed by atoms with E-state index >= 15 is 0 Å². The van der Waals surface area contributed by atoms with Gasteiger partial charge in [0.25, 0.3) is 0 Å². The molecular formula is C50H56O2. The van der Waals surface area contributed by atoms with Crippen LogP contribution in [0.1, 0.15) is 107 Å². The van der Waals surface area contributed by atoms with Crippen LogP contribution in [0.2, 0.25) is 0 Å². The van der Waals surface area contributed by atoms with Crippen LogP contribution < -0.4 is 9.47 Å². The molecule has 0 radical (unpaired) electrons. The molecule has 0 saturated carbocycles. The molecule has 2 heteroatoms. The zero-order valence-electron chi connectivity index (χ0n) is 32.6. The maximum absolute atomic E-state index is 5.27. The van der Waals surface area contributed by atoms with E-state index in [0.717, 1.165) is 11.5 Å². The minimum atomic E-state index is 0.358. The van der Waals surface area contributed by atoms with E-state index in [9.17, 15) is 0 Å². The van der Waals surface area contributed by atoms with Crippen molar-refractivity contribution in [3.63, 3.8) is 0 Å². The summed E-state index contributed by atoms with van der Waals surface area (Å²) in [7, 11) is 0. The minimum absolute atomic E-state index is 0.358. The van der Waals surface area contributed by atoms with Crippen LogP contribution in [0.5, 0.6) is 11.5 Å². The molecule has 0 aliphatic carbocycles. The summed E-state index contributed by atoms with van der Waals surface area (Å²) in [4.78, 5) is 0. The number of rotatable bonds is 4. The van der Waals surface area contributed by atoms with Gasteiger partial charge in [-0.15, -0.1) is 0 Å². The average molecular weight is 689 g/mol. The van der Waals surface area contributed by atoms with Crippen LogP contribution >= 0.6 is 0 Å². The number of hydrogen-bond acceptors (Lipinski definition) is 2. The smallest absolute Gasteiger partial charge is 0.231 e. The number of fused-ring (bicyclic) bond motifs is 4. The van der Waals surface area contributed by atoms with Crippen LogP contribution in [0, 0.1) is 6.92 Å². The third-order valence-corrected chi connectivity index (χ3v) is 9.64. The van der Waals surface area contributed by atoms with Gasteiger partial charge in [-0.25, -0.2) is 0 Å². The van der Waals surface area contributed by atoms with Crippen LogP contribution in [0.3, 0.4) is 0 Å². The molecule has 0 fully saturated rings. The van der Waals surface area contributed by atoms with Gasteiger partial charge in [0.05, 0.1) is 0 Å². The van der Waals surface area contributed by atoms with Crippen molar-refractivity contribution in [1.29, 1.82) is 0 Å². The Hall–Kier alpha value is -5.08. The summed E-state index contributed by atoms with van der Waals surface area (Å²) in [5, 5.41) is 8.09. The van der Waals surface area contributed by atoms with Gasteiger partial charge in [-0.2, -0.15) is 0 Å². The Morgan fingerprint density at radius 1 is 0.385 bits per heavy atom. The number of benzene rings is 7. The molecule has 1 heterocycles. The van der Waals surface area contributed by atoms with Gasteiger partial charge in [0.15, 0.2) is 11.5 Å². The highest BCUT2D eigenvalue weighted by Crippen LogP contribution is 2.34. The Kier molecular flexibility index (Phi) is 13.1. The van der Waals surface area contributed by atoms with Gasteiger partial charge in [-0.05, 0) is 97.3 Å². The summed E-state index contributed by atoms with van der Waals surface area (Å²) >= 11 is 0. The Morgan fingerprint density at radius 2 is 0.865 bits per heavy atom. The molecule has 1 aliphatic rings. The van der Waals surface area contributed by atoms with Crippen LogP contribution in [0.25, 0.3) is 32.3 Å². The van der Waals surface area contributed by atoms with Crippen molar-refractivity contribution in [1.82, 2.24) is 0 Å². The molecule has 1 aliphatic heterocycles. The van der Waals surface area contributed by atoms with Crippen molar-refractivity contribution in [2.45, 2.75) is 86.0 Å². The van der Waals surface area contributed by atoms with E-state index in [-0.39, 0.29) is 0 Å². The largest absolute Gasteiger partial charge is 0.454 e. The second kappa shape index (κ2) is 17.9. The molecule has 7 aromatic rings. The SMILES string of the molecule is CC(C)c1ccc2c(c1)OCO2.CC(C)c1ccc2ccccc2c1.CC(C)c1cccc2ccccc12.Cc1ccc2cc(C(C)C)ccc2c1. The van der Waals surface area contributed by atoms with Crippen molar-refractivity contribution in [2.24, 2.45) is 0 Å². The lowest BCUT2D eigenvalue weighted by Gasteiger charge is -2.08. The molecule has 0 atom stereocenters. The fraction of sp³-hybridized carbons (Fsp3) is 0.280. The highest BCUT2D eigenvalue weighted by atomic mass is 16.7. The molecule has 2 nitrogen and oxygen atoms in total. The lowest BCUT2D eigenvalue weighted by molar-refractivity contribution is 0.174. The van der Waals surface area contributed by atoms with Gasteiger partial charge in [0.2, 0.25) is 6.79 Å². The summed E-state index contributed by atoms with van der Waals surface area (Å²) in [5.74, 6) is 4.11. The highest BCUT2D eigenvalue weighted by Gasteiger charge is 2.13. The second-order valence-corrected chi connectivity index (χ2v) is 15.0. The molecule has 268 valence electrons. The van der Waals surface area contributed by atoms with Gasteiger partial charge in [-0.1, -0.05) is 188 Å². The van der Waals surface area contributed by atoms with E-state index in [4.69, 9.17) is 9.47 Å². The molecule has 8 rings (SSSR count). The van der Waals surface area contributed by atoms with Gasteiger partial charge < -0.3 is 9.47 Å². The standard InChI is InChI=1S/C14H16.2C13H14.C10H12O2/c1-10(2)12-6-7-13-8-11(3)4-5-14(13)9-12;1-10(2)12-9-5-7-11-6-3-4-8-13(11)12;1-10(2)12-8-7-11-5-3-4-6-13(11)9-12;1-7(2)8-3-4-9-10(5-8)12-6-11-9/h4-10H,1-3H3;2*3-10H,1-2H3;3-5,7H,6H2,1-2H3. The first-order valence-electron chi connectivity index (χ1n) is 18.9. The van der Waals surface area contributed by atoms with Crippen molar-refractivity contribution in [3.05, 3.63) is 167 Å². The Balaban J connectivity index is 0.000000134. The number of hydrogen-bond donors (Lipinski definition) is 0. The quantitative estimate of drug-likeness (QED) is 0.183. The fourth-order valence-electron chi connectivity index (χ4n) is 6.34. The molecule has 0 saturated heterocycles. The summed E-state index contributed by atoms with van der Waals surface area (Å²) in [6.07, 6.45) is 0. The third-order valence-electron chi connectivity index (χ3n) is 9.64. The fourth-order valence-corrected chi connectivity index (χ4v) is 6.34. The summed E-state index contributed by atoms with van der Waals surface area (Å²) in [6, 6.07) is 49.7. The van der Waals surface area contributed by atoms with Crippen LogP contribution in [0.15, 0.2) is 140 Å². The van der Waals surface area contributed by atoms with E-state index < -0.39 is 0 Å². The zero-order chi connectivity index (χ0) is 37.2. The van der Waals surface area contributed by atoms with Crippen LogP contribution in [-0.2, 0) is 0 Å². The Morgan fingerprint density at radius 3 is 1.52 bits per heavy atom. The lowest BCUT2D eigenvalue weighted by Crippen LogP contribution is -1.93. The van der Waals surface area contributed by atoms with Gasteiger partial charge in [-0.3, -0.25) is 0 Å². The molecule has 0 bridgehead atoms. The summed E-state index contributed by atoms with van der Waals surface area (Å²) < 4.78 is 10.5. The zero-order valence-corrected chi connectivity index (χ0v) is 32.6. The predicted molar refractivity (Wildman–Crippen MR) is 226 cm³/mol. The summed E-state index contributed by atoms with van der Waals surface area (Å²) in [5.41, 5.74) is 6.90. The first-order valence-corrected chi connectivity index (χ1v) is 18.9. The molecule has 0 amide bonds. The second-order valence-electron chi connectivity index (χ2n) is 15.0. The average Bonchev–Trinajstić information content (AvgIpc) is 3.63. The van der Waals surface area contributed by atoms with E-state index in [1.807, 2.05) is 12.1 Å². The molecule has 0 aromatic heterocycles. The van der Waals surface area contributed by atoms with Gasteiger partial charge >= 0.3 is 0 Å². The van der Waals surface area contributed by atoms with E-state index in [2.05, 4.69) is 190 Å². The highest BCUT2D eigenvalue weighted by molar-refractivity contribution is 5.86. The normalized spacial score (nSPS) is 11.7. The van der Waals surface area contributed by atoms with Gasteiger partial charge in [0, 0.05) is 0 Å². The van der Waals surface area contributed by atoms with Crippen molar-refractivity contribution < 1.29 is 9.47 Å². The maximum Gasteiger partial charge on any atom is 0.231 e. The first kappa shape index (κ1) is 38.2. The van der Waals surface area contributed by atoms with Crippen molar-refractivity contribution in [3.8, 4) is 11.5 Å². The molecule has 0 spiro atoms. The molecular weight excluding hydrogens is 633 g/mol. The third kappa shape index (κ3) is 10.0. The van der Waals surface area contributed by atoms with E-state index in [1.54, 1.807) is 0 Å². The molecule has 0 N–H and O–H groups in total. The Bertz CT molecular complexity index is 2190. The van der Waals surface area contributed by atoms with E-state index in [1.165, 1.54) is 60.1 Å². The summed E-state index contributed by atoms with van der Waals surface area (Å²) in [6.45, 7) is 20.2. The molecule has 7 aromatic carbocycles. The van der Waals surface area contributed by atoms with Crippen molar-refractivity contribution >= 4 is 32.3 Å². The van der Waals surface area contributed by atoms with Gasteiger partial charge in [0.1, 0.15) is 0 Å². The van der Waals surface area contributed by atoms with Crippen LogP contribution in [0.4, 0.5) is 0 Å². The predicted octanol–water partition coefficient (Wildman–Crippen LogP) is 14.7. The van der Waals surface area contributed by atoms with Crippen LogP contribution in [-0.4, -0.2) is 6.79 Å².